The molecule has 0 aliphatic carbocycles. The van der Waals surface area contributed by atoms with E-state index in [0.29, 0.717) is 17.7 Å². The molecule has 3 nitrogen and oxygen atoms in total. The second-order valence-electron chi connectivity index (χ2n) is 7.32. The lowest BCUT2D eigenvalue weighted by molar-refractivity contribution is -0.137. The highest BCUT2D eigenvalue weighted by Crippen LogP contribution is 2.33. The molecule has 0 bridgehead atoms. The minimum Gasteiger partial charge on any atom is -0.371 e. The van der Waals surface area contributed by atoms with Crippen LogP contribution in [0.2, 0.25) is 0 Å². The monoisotopic (exact) mass is 390 g/mol. The zero-order valence-electron chi connectivity index (χ0n) is 16.0. The van der Waals surface area contributed by atoms with Crippen LogP contribution in [-0.2, 0) is 16.5 Å². The molecule has 0 radical (unpaired) electrons. The highest BCUT2D eigenvalue weighted by atomic mass is 19.4. The van der Waals surface area contributed by atoms with Crippen LogP contribution in [0.5, 0.6) is 0 Å². The highest BCUT2D eigenvalue weighted by molar-refractivity contribution is 5.34. The van der Waals surface area contributed by atoms with Gasteiger partial charge in [0, 0.05) is 12.6 Å². The van der Waals surface area contributed by atoms with Crippen molar-refractivity contribution in [3.63, 3.8) is 0 Å². The largest absolute Gasteiger partial charge is 0.416 e. The van der Waals surface area contributed by atoms with Crippen LogP contribution < -0.4 is 11.1 Å². The summed E-state index contributed by atoms with van der Waals surface area (Å²) in [4.78, 5) is 0. The van der Waals surface area contributed by atoms with Crippen molar-refractivity contribution < 1.29 is 17.9 Å². The molecule has 0 spiro atoms. The molecule has 1 heterocycles. The minimum absolute atomic E-state index is 0.0830. The Hall–Kier alpha value is -2.15. The van der Waals surface area contributed by atoms with Crippen molar-refractivity contribution in [2.75, 3.05) is 13.2 Å². The third-order valence-electron chi connectivity index (χ3n) is 5.03. The second-order valence-corrected chi connectivity index (χ2v) is 7.32. The molecule has 3 atom stereocenters. The molecule has 0 saturated carbocycles. The number of ether oxygens (including phenoxy) is 1. The first-order chi connectivity index (χ1) is 13.2. The first-order valence-corrected chi connectivity index (χ1v) is 9.25. The van der Waals surface area contributed by atoms with Crippen molar-refractivity contribution in [2.45, 2.75) is 37.7 Å². The van der Waals surface area contributed by atoms with Crippen LogP contribution in [0.3, 0.4) is 0 Å². The summed E-state index contributed by atoms with van der Waals surface area (Å²) < 4.78 is 45.5. The molecule has 0 aromatic heterocycles. The molecule has 28 heavy (non-hydrogen) atoms. The number of nitrogens with two attached hydrogens (primary N) is 1. The molecule has 1 aliphatic heterocycles. The number of alkyl halides is 3. The lowest BCUT2D eigenvalue weighted by Gasteiger charge is -2.37. The zero-order chi connectivity index (χ0) is 20.4. The van der Waals surface area contributed by atoms with E-state index in [9.17, 15) is 13.2 Å². The van der Waals surface area contributed by atoms with Gasteiger partial charge in [-0.3, -0.25) is 0 Å². The van der Waals surface area contributed by atoms with Gasteiger partial charge in [0.2, 0.25) is 0 Å². The Morgan fingerprint density at radius 3 is 2.54 bits per heavy atom. The summed E-state index contributed by atoms with van der Waals surface area (Å²) in [5.74, 6) is 0. The molecule has 0 amide bonds. The van der Waals surface area contributed by atoms with Gasteiger partial charge in [-0.1, -0.05) is 54.1 Å². The van der Waals surface area contributed by atoms with Crippen LogP contribution in [0.25, 0.3) is 0 Å². The fourth-order valence-electron chi connectivity index (χ4n) is 3.39. The van der Waals surface area contributed by atoms with Crippen LogP contribution >= 0.6 is 0 Å². The minimum atomic E-state index is -4.38. The van der Waals surface area contributed by atoms with Crippen LogP contribution in [0.4, 0.5) is 13.2 Å². The third-order valence-corrected chi connectivity index (χ3v) is 5.03. The normalized spacial score (nSPS) is 23.6. The molecule has 2 aromatic rings. The molecule has 6 heteroatoms. The Morgan fingerprint density at radius 2 is 1.93 bits per heavy atom. The molecular formula is C22H25F3N2O. The maximum atomic E-state index is 13.1. The van der Waals surface area contributed by atoms with Crippen LogP contribution in [0.1, 0.15) is 35.3 Å². The molecule has 150 valence electrons. The molecule has 1 aliphatic rings. The van der Waals surface area contributed by atoms with Gasteiger partial charge in [-0.25, -0.2) is 0 Å². The van der Waals surface area contributed by atoms with Crippen molar-refractivity contribution in [3.8, 4) is 0 Å². The standard InChI is InChI=1S/C22H25F3N2O/c1-15-10-17(12-19(11-15)22(23,24)25)16(2)28-14-21(9-8-20(26)13-27-21)18-6-4-3-5-7-18/h3-12,16,20,27H,13-14,26H2,1-2H3/t16-,20?,21-/m1/s1. The van der Waals surface area contributed by atoms with E-state index in [4.69, 9.17) is 10.5 Å². The number of rotatable bonds is 5. The molecule has 2 aromatic carbocycles. The number of halogens is 3. The average Bonchev–Trinajstić information content (AvgIpc) is 2.67. The van der Waals surface area contributed by atoms with E-state index in [0.717, 1.165) is 17.7 Å². The summed E-state index contributed by atoms with van der Waals surface area (Å²) in [5.41, 5.74) is 6.82. The number of nitrogens with one attached hydrogen (secondary N) is 1. The topological polar surface area (TPSA) is 47.3 Å². The van der Waals surface area contributed by atoms with E-state index < -0.39 is 23.4 Å². The van der Waals surface area contributed by atoms with Crippen molar-refractivity contribution in [3.05, 3.63) is 82.9 Å². The van der Waals surface area contributed by atoms with E-state index >= 15 is 0 Å². The SMILES string of the molecule is Cc1cc([C@@H](C)OC[C@@]2(c3ccccc3)C=CC(N)CN2)cc(C(F)(F)F)c1. The molecule has 0 fully saturated rings. The van der Waals surface area contributed by atoms with Gasteiger partial charge in [-0.2, -0.15) is 13.2 Å². The summed E-state index contributed by atoms with van der Waals surface area (Å²) in [6.45, 7) is 4.29. The van der Waals surface area contributed by atoms with Gasteiger partial charge in [0.25, 0.3) is 0 Å². The Morgan fingerprint density at radius 1 is 1.21 bits per heavy atom. The van der Waals surface area contributed by atoms with Crippen LogP contribution in [0.15, 0.2) is 60.7 Å². The lowest BCUT2D eigenvalue weighted by Crippen LogP contribution is -2.52. The van der Waals surface area contributed by atoms with Crippen LogP contribution in [-0.4, -0.2) is 19.2 Å². The Balaban J connectivity index is 1.83. The first kappa shape index (κ1) is 20.6. The van der Waals surface area contributed by atoms with Gasteiger partial charge in [-0.05, 0) is 37.1 Å². The van der Waals surface area contributed by atoms with Crippen molar-refractivity contribution in [1.82, 2.24) is 5.32 Å². The predicted molar refractivity (Wildman–Crippen MR) is 104 cm³/mol. The van der Waals surface area contributed by atoms with Crippen LogP contribution in [0, 0.1) is 6.92 Å². The quantitative estimate of drug-likeness (QED) is 0.741. The highest BCUT2D eigenvalue weighted by Gasteiger charge is 2.34. The maximum Gasteiger partial charge on any atom is 0.416 e. The Kier molecular flexibility index (Phi) is 5.93. The molecular weight excluding hydrogens is 365 g/mol. The third kappa shape index (κ3) is 4.63. The number of hydrogen-bond acceptors (Lipinski definition) is 3. The molecule has 3 N–H and O–H groups in total. The van der Waals surface area contributed by atoms with E-state index in [2.05, 4.69) is 5.32 Å². The number of aryl methyl sites for hydroxylation is 1. The van der Waals surface area contributed by atoms with E-state index in [-0.39, 0.29) is 12.6 Å². The van der Waals surface area contributed by atoms with E-state index in [1.165, 1.54) is 0 Å². The molecule has 3 rings (SSSR count). The van der Waals surface area contributed by atoms with Crippen molar-refractivity contribution in [2.24, 2.45) is 5.73 Å². The van der Waals surface area contributed by atoms with Crippen molar-refractivity contribution in [1.29, 1.82) is 0 Å². The number of hydrogen-bond donors (Lipinski definition) is 2. The average molecular weight is 390 g/mol. The summed E-state index contributed by atoms with van der Waals surface area (Å²) in [6.07, 6.45) is -0.949. The summed E-state index contributed by atoms with van der Waals surface area (Å²) >= 11 is 0. The van der Waals surface area contributed by atoms with E-state index in [1.807, 2.05) is 42.5 Å². The van der Waals surface area contributed by atoms with Gasteiger partial charge in [0.15, 0.2) is 0 Å². The van der Waals surface area contributed by atoms with Gasteiger partial charge >= 0.3 is 6.18 Å². The van der Waals surface area contributed by atoms with Gasteiger partial charge in [0.1, 0.15) is 0 Å². The number of benzene rings is 2. The fourth-order valence-corrected chi connectivity index (χ4v) is 3.39. The predicted octanol–water partition coefficient (Wildman–Crippen LogP) is 4.47. The molecule has 0 saturated heterocycles. The smallest absolute Gasteiger partial charge is 0.371 e. The van der Waals surface area contributed by atoms with E-state index in [1.54, 1.807) is 19.9 Å². The first-order valence-electron chi connectivity index (χ1n) is 9.25. The fraction of sp³-hybridized carbons (Fsp3) is 0.364. The summed E-state index contributed by atoms with van der Waals surface area (Å²) in [6, 6.07) is 13.8. The Bertz CT molecular complexity index is 835. The van der Waals surface area contributed by atoms with Gasteiger partial charge in [0.05, 0.1) is 23.8 Å². The lowest BCUT2D eigenvalue weighted by atomic mass is 9.87. The van der Waals surface area contributed by atoms with Crippen molar-refractivity contribution >= 4 is 0 Å². The summed E-state index contributed by atoms with van der Waals surface area (Å²) in [5, 5.41) is 3.44. The summed E-state index contributed by atoms with van der Waals surface area (Å²) in [7, 11) is 0. The Labute approximate surface area is 163 Å². The second kappa shape index (κ2) is 8.07. The molecule has 1 unspecified atom stereocenters. The van der Waals surface area contributed by atoms with Gasteiger partial charge in [-0.15, -0.1) is 0 Å². The van der Waals surface area contributed by atoms with Gasteiger partial charge < -0.3 is 15.8 Å². The maximum absolute atomic E-state index is 13.1. The zero-order valence-corrected chi connectivity index (χ0v) is 16.0.